The summed E-state index contributed by atoms with van der Waals surface area (Å²) in [6.45, 7) is 0.531. The molecule has 0 atom stereocenters. The molecule has 0 saturated heterocycles. The van der Waals surface area contributed by atoms with E-state index in [1.807, 2.05) is 53.5 Å². The van der Waals surface area contributed by atoms with Crippen molar-refractivity contribution in [2.24, 2.45) is 7.05 Å². The summed E-state index contributed by atoms with van der Waals surface area (Å²) in [5.41, 5.74) is 1.84. The van der Waals surface area contributed by atoms with Crippen molar-refractivity contribution in [1.82, 2.24) is 19.9 Å². The van der Waals surface area contributed by atoms with Crippen molar-refractivity contribution in [1.29, 1.82) is 0 Å². The van der Waals surface area contributed by atoms with Crippen LogP contribution in [0.5, 0.6) is 0 Å². The third kappa shape index (κ3) is 3.33. The van der Waals surface area contributed by atoms with E-state index in [1.54, 1.807) is 11.3 Å². The minimum atomic E-state index is -0.131. The molecule has 1 amide bonds. The van der Waals surface area contributed by atoms with Crippen LogP contribution in [0.3, 0.4) is 0 Å². The molecule has 0 aliphatic rings. The molecule has 3 aromatic heterocycles. The molecule has 126 valence electrons. The summed E-state index contributed by atoms with van der Waals surface area (Å²) in [5, 5.41) is 5.48. The molecule has 25 heavy (non-hydrogen) atoms. The minimum Gasteiger partial charge on any atom is -0.350 e. The predicted octanol–water partition coefficient (Wildman–Crippen LogP) is 3.73. The highest BCUT2D eigenvalue weighted by Crippen LogP contribution is 2.24. The number of rotatable bonds is 5. The van der Waals surface area contributed by atoms with E-state index in [0.29, 0.717) is 18.0 Å². The molecule has 0 spiro atoms. The van der Waals surface area contributed by atoms with Gasteiger partial charge < -0.3 is 9.88 Å². The zero-order valence-electron chi connectivity index (χ0n) is 13.6. The smallest absolute Gasteiger partial charge is 0.280 e. The summed E-state index contributed by atoms with van der Waals surface area (Å²) in [4.78, 5) is 22.5. The summed E-state index contributed by atoms with van der Waals surface area (Å²) < 4.78 is 3.04. The third-order valence-electron chi connectivity index (χ3n) is 3.87. The van der Waals surface area contributed by atoms with Gasteiger partial charge in [-0.05, 0) is 23.6 Å². The van der Waals surface area contributed by atoms with E-state index in [0.717, 1.165) is 26.6 Å². The molecule has 1 N–H and O–H groups in total. The van der Waals surface area contributed by atoms with Gasteiger partial charge in [0.1, 0.15) is 5.82 Å². The van der Waals surface area contributed by atoms with Crippen molar-refractivity contribution in [3.05, 3.63) is 58.8 Å². The SMILES string of the molecule is Cn1cc(-c2cccs2)nc1CCNC(=O)c1nc2ccccc2s1. The van der Waals surface area contributed by atoms with E-state index < -0.39 is 0 Å². The highest BCUT2D eigenvalue weighted by Gasteiger charge is 2.13. The number of nitrogens with zero attached hydrogens (tertiary/aromatic N) is 3. The number of carbonyl (C=O) groups excluding carboxylic acids is 1. The van der Waals surface area contributed by atoms with Crippen molar-refractivity contribution in [3.8, 4) is 10.6 Å². The van der Waals surface area contributed by atoms with Crippen molar-refractivity contribution >= 4 is 38.8 Å². The first-order valence-electron chi connectivity index (χ1n) is 7.90. The van der Waals surface area contributed by atoms with Gasteiger partial charge in [-0.2, -0.15) is 0 Å². The first-order valence-corrected chi connectivity index (χ1v) is 9.60. The zero-order valence-corrected chi connectivity index (χ0v) is 15.2. The monoisotopic (exact) mass is 368 g/mol. The largest absolute Gasteiger partial charge is 0.350 e. The maximum Gasteiger partial charge on any atom is 0.280 e. The molecule has 0 unspecified atom stereocenters. The molecule has 0 aliphatic heterocycles. The van der Waals surface area contributed by atoms with Crippen LogP contribution >= 0.6 is 22.7 Å². The number of fused-ring (bicyclic) bond motifs is 1. The lowest BCUT2D eigenvalue weighted by Crippen LogP contribution is -2.26. The summed E-state index contributed by atoms with van der Waals surface area (Å²) in [5.74, 6) is 0.821. The van der Waals surface area contributed by atoms with Crippen molar-refractivity contribution in [2.45, 2.75) is 6.42 Å². The zero-order chi connectivity index (χ0) is 17.2. The minimum absolute atomic E-state index is 0.131. The number of aryl methyl sites for hydroxylation is 1. The van der Waals surface area contributed by atoms with Crippen LogP contribution < -0.4 is 5.32 Å². The fourth-order valence-electron chi connectivity index (χ4n) is 2.61. The topological polar surface area (TPSA) is 59.8 Å². The molecular weight excluding hydrogens is 352 g/mol. The number of benzene rings is 1. The van der Waals surface area contributed by atoms with E-state index in [2.05, 4.69) is 21.4 Å². The van der Waals surface area contributed by atoms with Gasteiger partial charge in [-0.15, -0.1) is 22.7 Å². The summed E-state index contributed by atoms with van der Waals surface area (Å²) in [6, 6.07) is 11.9. The normalized spacial score (nSPS) is 11.1. The maximum atomic E-state index is 12.3. The first kappa shape index (κ1) is 16.0. The second-order valence-corrected chi connectivity index (χ2v) is 7.60. The molecule has 0 aliphatic carbocycles. The van der Waals surface area contributed by atoms with Crippen molar-refractivity contribution in [3.63, 3.8) is 0 Å². The number of amides is 1. The van der Waals surface area contributed by atoms with Crippen LogP contribution in [0.2, 0.25) is 0 Å². The Morgan fingerprint density at radius 3 is 2.88 bits per heavy atom. The Kier molecular flexibility index (Phi) is 4.33. The third-order valence-corrected chi connectivity index (χ3v) is 5.80. The molecule has 0 fully saturated rings. The molecule has 4 aromatic rings. The van der Waals surface area contributed by atoms with Crippen molar-refractivity contribution < 1.29 is 4.79 Å². The van der Waals surface area contributed by atoms with Crippen LogP contribution in [0.4, 0.5) is 0 Å². The van der Waals surface area contributed by atoms with Gasteiger partial charge in [-0.1, -0.05) is 18.2 Å². The Hall–Kier alpha value is -2.51. The van der Waals surface area contributed by atoms with Crippen molar-refractivity contribution in [2.75, 3.05) is 6.54 Å². The average molecular weight is 368 g/mol. The number of nitrogens with one attached hydrogen (secondary N) is 1. The molecule has 0 bridgehead atoms. The fraction of sp³-hybridized carbons (Fsp3) is 0.167. The number of hydrogen-bond acceptors (Lipinski definition) is 5. The molecule has 0 radical (unpaired) electrons. The first-order chi connectivity index (χ1) is 12.2. The van der Waals surface area contributed by atoms with E-state index >= 15 is 0 Å². The molecule has 5 nitrogen and oxygen atoms in total. The number of thiazole rings is 1. The lowest BCUT2D eigenvalue weighted by atomic mass is 10.3. The van der Waals surface area contributed by atoms with Gasteiger partial charge in [-0.25, -0.2) is 9.97 Å². The summed E-state index contributed by atoms with van der Waals surface area (Å²) >= 11 is 3.09. The number of imidazole rings is 1. The molecule has 4 rings (SSSR count). The van der Waals surface area contributed by atoms with E-state index in [9.17, 15) is 4.79 Å². The Balaban J connectivity index is 1.39. The van der Waals surface area contributed by atoms with Crippen LogP contribution in [0, 0.1) is 0 Å². The second kappa shape index (κ2) is 6.78. The number of carbonyl (C=O) groups is 1. The molecule has 7 heteroatoms. The number of thiophene rings is 1. The van der Waals surface area contributed by atoms with Crippen LogP contribution in [-0.2, 0) is 13.5 Å². The van der Waals surface area contributed by atoms with E-state index in [4.69, 9.17) is 0 Å². The van der Waals surface area contributed by atoms with Gasteiger partial charge >= 0.3 is 0 Å². The summed E-state index contributed by atoms with van der Waals surface area (Å²) in [7, 11) is 1.98. The Morgan fingerprint density at radius 1 is 1.20 bits per heavy atom. The van der Waals surface area contributed by atoms with Gasteiger partial charge in [-0.3, -0.25) is 4.79 Å². The van der Waals surface area contributed by atoms with Crippen LogP contribution in [0.15, 0.2) is 48.0 Å². The average Bonchev–Trinajstić information content (AvgIpc) is 3.34. The highest BCUT2D eigenvalue weighted by atomic mass is 32.1. The molecule has 0 saturated carbocycles. The Morgan fingerprint density at radius 2 is 2.08 bits per heavy atom. The van der Waals surface area contributed by atoms with E-state index in [1.165, 1.54) is 11.3 Å². The van der Waals surface area contributed by atoms with Gasteiger partial charge in [0.05, 0.1) is 20.8 Å². The lowest BCUT2D eigenvalue weighted by molar-refractivity contribution is 0.0953. The lowest BCUT2D eigenvalue weighted by Gasteiger charge is -2.03. The van der Waals surface area contributed by atoms with Gasteiger partial charge in [0.2, 0.25) is 0 Å². The number of hydrogen-bond donors (Lipinski definition) is 1. The van der Waals surface area contributed by atoms with Gasteiger partial charge in [0, 0.05) is 26.2 Å². The van der Waals surface area contributed by atoms with Crippen LogP contribution in [0.25, 0.3) is 20.8 Å². The molecular formula is C18H16N4OS2. The molecule has 3 heterocycles. The summed E-state index contributed by atoms with van der Waals surface area (Å²) in [6.07, 6.45) is 2.70. The quantitative estimate of drug-likeness (QED) is 0.584. The van der Waals surface area contributed by atoms with Gasteiger partial charge in [0.15, 0.2) is 5.01 Å². The fourth-order valence-corrected chi connectivity index (χ4v) is 4.17. The Labute approximate surface area is 153 Å². The maximum absolute atomic E-state index is 12.3. The standard InChI is InChI=1S/C18H16N4OS2/c1-22-11-13(14-7-4-10-24-14)20-16(22)8-9-19-17(23)18-21-12-5-2-3-6-15(12)25-18/h2-7,10-11H,8-9H2,1H3,(H,19,23). The number of para-hydroxylation sites is 1. The highest BCUT2D eigenvalue weighted by molar-refractivity contribution is 7.20. The van der Waals surface area contributed by atoms with Crippen LogP contribution in [0.1, 0.15) is 15.6 Å². The predicted molar refractivity (Wildman–Crippen MR) is 102 cm³/mol. The van der Waals surface area contributed by atoms with Gasteiger partial charge in [0.25, 0.3) is 5.91 Å². The van der Waals surface area contributed by atoms with Crippen LogP contribution in [-0.4, -0.2) is 27.0 Å². The molecule has 1 aromatic carbocycles. The number of aromatic nitrogens is 3. The second-order valence-electron chi connectivity index (χ2n) is 5.62. The Bertz CT molecular complexity index is 984. The van der Waals surface area contributed by atoms with E-state index in [-0.39, 0.29) is 5.91 Å².